The summed E-state index contributed by atoms with van der Waals surface area (Å²) in [5.41, 5.74) is 0.728. The number of aromatic nitrogens is 5. The van der Waals surface area contributed by atoms with Crippen LogP contribution in [0.3, 0.4) is 0 Å². The number of H-pyrrole nitrogens is 1. The predicted octanol–water partition coefficient (Wildman–Crippen LogP) is 3.20. The van der Waals surface area contributed by atoms with Gasteiger partial charge in [0.1, 0.15) is 0 Å². The standard InChI is InChI=1S/C21H19N5O3S/c1-3-29-19(27)12-26-24-20(23-25-26)17-11-18(13(2)22-21(17)28)30-16-9-8-14-6-4-5-7-15(14)10-16/h4-11H,3,12H2,1-2H3,(H,22,28). The quantitative estimate of drug-likeness (QED) is 0.477. The highest BCUT2D eigenvalue weighted by atomic mass is 32.2. The topological polar surface area (TPSA) is 103 Å². The summed E-state index contributed by atoms with van der Waals surface area (Å²) in [4.78, 5) is 30.0. The lowest BCUT2D eigenvalue weighted by Gasteiger charge is -2.08. The third-order valence-corrected chi connectivity index (χ3v) is 5.54. The molecule has 30 heavy (non-hydrogen) atoms. The summed E-state index contributed by atoms with van der Waals surface area (Å²) in [6, 6.07) is 16.1. The van der Waals surface area contributed by atoms with E-state index in [-0.39, 0.29) is 24.5 Å². The molecule has 0 amide bonds. The Balaban J connectivity index is 1.63. The number of benzene rings is 2. The third kappa shape index (κ3) is 4.25. The number of pyridine rings is 1. The van der Waals surface area contributed by atoms with Crippen molar-refractivity contribution in [3.05, 3.63) is 64.6 Å². The number of hydrogen-bond acceptors (Lipinski definition) is 7. The first-order valence-electron chi connectivity index (χ1n) is 9.38. The van der Waals surface area contributed by atoms with E-state index in [1.165, 1.54) is 5.39 Å². The zero-order valence-electron chi connectivity index (χ0n) is 16.5. The molecule has 8 nitrogen and oxygen atoms in total. The lowest BCUT2D eigenvalue weighted by atomic mass is 10.1. The molecule has 4 rings (SSSR count). The molecule has 0 fully saturated rings. The molecule has 1 N–H and O–H groups in total. The predicted molar refractivity (Wildman–Crippen MR) is 113 cm³/mol. The molecular weight excluding hydrogens is 402 g/mol. The van der Waals surface area contributed by atoms with Gasteiger partial charge < -0.3 is 9.72 Å². The molecule has 0 saturated carbocycles. The van der Waals surface area contributed by atoms with Crippen LogP contribution >= 0.6 is 11.8 Å². The Morgan fingerprint density at radius 3 is 2.77 bits per heavy atom. The van der Waals surface area contributed by atoms with Gasteiger partial charge in [-0.25, -0.2) is 4.79 Å². The molecule has 0 unspecified atom stereocenters. The molecule has 4 aromatic rings. The average Bonchev–Trinajstić information content (AvgIpc) is 3.18. The molecule has 0 aliphatic heterocycles. The Morgan fingerprint density at radius 2 is 1.97 bits per heavy atom. The number of nitrogens with zero attached hydrogens (tertiary/aromatic N) is 4. The highest BCUT2D eigenvalue weighted by Crippen LogP contribution is 2.32. The molecule has 2 aromatic heterocycles. The van der Waals surface area contributed by atoms with Crippen LogP contribution in [0, 0.1) is 6.92 Å². The summed E-state index contributed by atoms with van der Waals surface area (Å²) >= 11 is 1.54. The fourth-order valence-electron chi connectivity index (χ4n) is 2.97. The molecule has 0 radical (unpaired) electrons. The number of hydrogen-bond donors (Lipinski definition) is 1. The smallest absolute Gasteiger partial charge is 0.329 e. The molecule has 9 heteroatoms. The van der Waals surface area contributed by atoms with Crippen molar-refractivity contribution < 1.29 is 9.53 Å². The van der Waals surface area contributed by atoms with Gasteiger partial charge in [-0.2, -0.15) is 4.80 Å². The van der Waals surface area contributed by atoms with Crippen molar-refractivity contribution in [2.24, 2.45) is 0 Å². The maximum absolute atomic E-state index is 12.5. The zero-order chi connectivity index (χ0) is 21.1. The van der Waals surface area contributed by atoms with Crippen molar-refractivity contribution in [3.63, 3.8) is 0 Å². The number of nitrogens with one attached hydrogen (secondary N) is 1. The van der Waals surface area contributed by atoms with Crippen LogP contribution < -0.4 is 5.56 Å². The number of tetrazole rings is 1. The van der Waals surface area contributed by atoms with Crippen LogP contribution in [0.2, 0.25) is 0 Å². The van der Waals surface area contributed by atoms with E-state index in [2.05, 4.69) is 44.7 Å². The van der Waals surface area contributed by atoms with Crippen molar-refractivity contribution >= 4 is 28.5 Å². The van der Waals surface area contributed by atoms with E-state index in [1.54, 1.807) is 24.8 Å². The van der Waals surface area contributed by atoms with Crippen molar-refractivity contribution in [1.29, 1.82) is 0 Å². The van der Waals surface area contributed by atoms with Crippen LogP contribution in [0.15, 0.2) is 63.1 Å². The van der Waals surface area contributed by atoms with Crippen LogP contribution in [0.4, 0.5) is 0 Å². The first-order chi connectivity index (χ1) is 14.5. The summed E-state index contributed by atoms with van der Waals surface area (Å²) < 4.78 is 4.88. The third-order valence-electron chi connectivity index (χ3n) is 4.41. The summed E-state index contributed by atoms with van der Waals surface area (Å²) in [5, 5.41) is 14.2. The number of aromatic amines is 1. The minimum absolute atomic E-state index is 0.154. The number of rotatable bonds is 6. The second-order valence-electron chi connectivity index (χ2n) is 6.56. The van der Waals surface area contributed by atoms with Crippen LogP contribution in [-0.4, -0.2) is 37.8 Å². The molecule has 0 spiro atoms. The van der Waals surface area contributed by atoms with Crippen molar-refractivity contribution in [1.82, 2.24) is 25.2 Å². The van der Waals surface area contributed by atoms with E-state index in [4.69, 9.17) is 4.74 Å². The van der Waals surface area contributed by atoms with Gasteiger partial charge in [0.05, 0.1) is 12.2 Å². The minimum Gasteiger partial charge on any atom is -0.465 e. The summed E-state index contributed by atoms with van der Waals surface area (Å²) in [6.45, 7) is 3.68. The van der Waals surface area contributed by atoms with E-state index < -0.39 is 5.97 Å². The van der Waals surface area contributed by atoms with E-state index in [0.717, 1.165) is 25.7 Å². The van der Waals surface area contributed by atoms with Crippen molar-refractivity contribution in [2.45, 2.75) is 30.2 Å². The molecule has 0 aliphatic rings. The zero-order valence-corrected chi connectivity index (χ0v) is 17.3. The van der Waals surface area contributed by atoms with Gasteiger partial charge in [0.15, 0.2) is 6.54 Å². The number of esters is 1. The SMILES string of the molecule is CCOC(=O)Cn1nnc(-c2cc(Sc3ccc4ccccc4c3)c(C)[nH]c2=O)n1. The van der Waals surface area contributed by atoms with Gasteiger partial charge in [-0.3, -0.25) is 4.79 Å². The second kappa shape index (κ2) is 8.50. The number of fused-ring (bicyclic) bond motifs is 1. The summed E-state index contributed by atoms with van der Waals surface area (Å²) in [7, 11) is 0. The van der Waals surface area contributed by atoms with Gasteiger partial charge in [0, 0.05) is 15.5 Å². The molecule has 0 atom stereocenters. The highest BCUT2D eigenvalue weighted by Gasteiger charge is 2.15. The van der Waals surface area contributed by atoms with Gasteiger partial charge in [0.2, 0.25) is 5.82 Å². The van der Waals surface area contributed by atoms with Crippen LogP contribution in [0.1, 0.15) is 12.6 Å². The number of ether oxygens (including phenoxy) is 1. The first-order valence-corrected chi connectivity index (χ1v) is 10.2. The molecule has 0 aliphatic carbocycles. The van der Waals surface area contributed by atoms with E-state index in [9.17, 15) is 9.59 Å². The highest BCUT2D eigenvalue weighted by molar-refractivity contribution is 7.99. The Kier molecular flexibility index (Phi) is 5.62. The Labute approximate surface area is 176 Å². The summed E-state index contributed by atoms with van der Waals surface area (Å²) in [6.07, 6.45) is 0. The van der Waals surface area contributed by atoms with Crippen molar-refractivity contribution in [2.75, 3.05) is 6.61 Å². The Morgan fingerprint density at radius 1 is 1.17 bits per heavy atom. The maximum atomic E-state index is 12.5. The number of carbonyl (C=O) groups is 1. The summed E-state index contributed by atoms with van der Waals surface area (Å²) in [5.74, 6) is -0.312. The van der Waals surface area contributed by atoms with Crippen LogP contribution in [0.25, 0.3) is 22.2 Å². The minimum atomic E-state index is -0.466. The number of aryl methyl sites for hydroxylation is 1. The van der Waals surface area contributed by atoms with E-state index >= 15 is 0 Å². The first kappa shape index (κ1) is 19.8. The monoisotopic (exact) mass is 421 g/mol. The Hall–Kier alpha value is -3.46. The fraction of sp³-hybridized carbons (Fsp3) is 0.190. The molecule has 2 heterocycles. The molecule has 152 valence electrons. The maximum Gasteiger partial charge on any atom is 0.329 e. The molecule has 0 bridgehead atoms. The average molecular weight is 421 g/mol. The van der Waals surface area contributed by atoms with E-state index in [0.29, 0.717) is 5.56 Å². The van der Waals surface area contributed by atoms with Gasteiger partial charge in [-0.15, -0.1) is 10.2 Å². The fourth-order valence-corrected chi connectivity index (χ4v) is 3.93. The number of carbonyl (C=O) groups excluding carboxylic acids is 1. The molecule has 2 aromatic carbocycles. The molecule has 0 saturated heterocycles. The lowest BCUT2D eigenvalue weighted by Crippen LogP contribution is -2.16. The van der Waals surface area contributed by atoms with Gasteiger partial charge in [-0.1, -0.05) is 42.1 Å². The van der Waals surface area contributed by atoms with Gasteiger partial charge in [-0.05, 0) is 48.0 Å². The van der Waals surface area contributed by atoms with Crippen LogP contribution in [0.5, 0.6) is 0 Å². The molecular formula is C21H19N5O3S. The van der Waals surface area contributed by atoms with Crippen LogP contribution in [-0.2, 0) is 16.1 Å². The normalized spacial score (nSPS) is 11.0. The largest absolute Gasteiger partial charge is 0.465 e. The van der Waals surface area contributed by atoms with Gasteiger partial charge >= 0.3 is 5.97 Å². The Bertz CT molecular complexity index is 1280. The van der Waals surface area contributed by atoms with Gasteiger partial charge in [0.25, 0.3) is 5.56 Å². The van der Waals surface area contributed by atoms with E-state index in [1.807, 2.05) is 25.1 Å². The lowest BCUT2D eigenvalue weighted by molar-refractivity contribution is -0.144. The second-order valence-corrected chi connectivity index (χ2v) is 7.68. The van der Waals surface area contributed by atoms with Crippen molar-refractivity contribution in [3.8, 4) is 11.4 Å².